The van der Waals surface area contributed by atoms with Gasteiger partial charge in [0, 0.05) is 12.8 Å². The van der Waals surface area contributed by atoms with Crippen LogP contribution >= 0.6 is 0 Å². The molecule has 186 valence electrons. The predicted molar refractivity (Wildman–Crippen MR) is 127 cm³/mol. The summed E-state index contributed by atoms with van der Waals surface area (Å²) in [6.45, 7) is 2.27. The van der Waals surface area contributed by atoms with E-state index in [9.17, 15) is 19.8 Å². The molecule has 0 amide bonds. The molecule has 0 heterocycles. The van der Waals surface area contributed by atoms with E-state index in [1.165, 1.54) is 6.42 Å². The second-order valence-corrected chi connectivity index (χ2v) is 9.06. The van der Waals surface area contributed by atoms with Crippen LogP contribution in [0.3, 0.4) is 0 Å². The summed E-state index contributed by atoms with van der Waals surface area (Å²) < 4.78 is 10.8. The summed E-state index contributed by atoms with van der Waals surface area (Å²) in [6, 6.07) is -0.575. The summed E-state index contributed by atoms with van der Waals surface area (Å²) in [5, 5.41) is 19.1. The Bertz CT molecular complexity index is 553. The molecule has 0 aliphatic rings. The fourth-order valence-corrected chi connectivity index (χ4v) is 3.18. The number of nitrogens with zero attached hydrogens (tertiary/aromatic N) is 1. The van der Waals surface area contributed by atoms with Gasteiger partial charge in [-0.2, -0.15) is 0 Å². The number of ether oxygens (including phenoxy) is 2. The Morgan fingerprint density at radius 3 is 2.25 bits per heavy atom. The molecular formula is C25H46NO6+. The minimum atomic E-state index is -0.906. The van der Waals surface area contributed by atoms with Gasteiger partial charge in [0.1, 0.15) is 12.7 Å². The maximum absolute atomic E-state index is 11.8. The molecule has 0 saturated heterocycles. The van der Waals surface area contributed by atoms with E-state index in [0.29, 0.717) is 17.3 Å². The van der Waals surface area contributed by atoms with E-state index in [4.69, 9.17) is 9.47 Å². The molecule has 0 fully saturated rings. The Kier molecular flexibility index (Phi) is 17.8. The minimum absolute atomic E-state index is 0.0140. The van der Waals surface area contributed by atoms with Gasteiger partial charge in [-0.15, -0.1) is 0 Å². The monoisotopic (exact) mass is 456 g/mol. The molecule has 0 spiro atoms. The van der Waals surface area contributed by atoms with Crippen molar-refractivity contribution in [2.45, 2.75) is 83.3 Å². The number of carboxylic acid groups (broad SMARTS) is 1. The zero-order valence-corrected chi connectivity index (χ0v) is 20.6. The van der Waals surface area contributed by atoms with Crippen molar-refractivity contribution >= 4 is 11.9 Å². The van der Waals surface area contributed by atoms with Gasteiger partial charge < -0.3 is 24.2 Å². The number of hydrogen-bond donors (Lipinski definition) is 2. The fourth-order valence-electron chi connectivity index (χ4n) is 3.18. The normalized spacial score (nSPS) is 14.2. The van der Waals surface area contributed by atoms with Crippen LogP contribution in [0.25, 0.3) is 0 Å². The number of quaternary nitrogens is 1. The molecule has 0 aliphatic heterocycles. The number of hydrogen-bond acceptors (Lipinski definition) is 5. The number of aliphatic carboxylic acids is 1. The Morgan fingerprint density at radius 2 is 1.59 bits per heavy atom. The molecule has 2 unspecified atom stereocenters. The summed E-state index contributed by atoms with van der Waals surface area (Å²) in [4.78, 5) is 23.1. The van der Waals surface area contributed by atoms with Gasteiger partial charge in [-0.3, -0.25) is 4.79 Å². The van der Waals surface area contributed by atoms with Gasteiger partial charge in [0.2, 0.25) is 0 Å². The van der Waals surface area contributed by atoms with Crippen molar-refractivity contribution in [3.05, 3.63) is 24.3 Å². The summed E-state index contributed by atoms with van der Waals surface area (Å²) >= 11 is 0. The maximum Gasteiger partial charge on any atom is 0.362 e. The van der Waals surface area contributed by atoms with E-state index in [2.05, 4.69) is 31.2 Å². The number of carbonyl (C=O) groups excluding carboxylic acids is 1. The first-order valence-electron chi connectivity index (χ1n) is 11.9. The van der Waals surface area contributed by atoms with E-state index >= 15 is 0 Å². The molecule has 0 rings (SSSR count). The highest BCUT2D eigenvalue weighted by Crippen LogP contribution is 2.10. The molecule has 7 nitrogen and oxygen atoms in total. The third-order valence-corrected chi connectivity index (χ3v) is 5.10. The smallest absolute Gasteiger partial charge is 0.362 e. The zero-order chi connectivity index (χ0) is 24.2. The first-order chi connectivity index (χ1) is 15.2. The molecule has 0 aromatic heterocycles. The largest absolute Gasteiger partial charge is 0.477 e. The van der Waals surface area contributed by atoms with Crippen molar-refractivity contribution in [2.75, 3.05) is 41.0 Å². The number of esters is 1. The summed E-state index contributed by atoms with van der Waals surface area (Å²) in [6.07, 6.45) is 17.1. The van der Waals surface area contributed by atoms with Crippen LogP contribution in [0, 0.1) is 0 Å². The number of likely N-dealkylation sites (N-methyl/N-ethyl adjacent to an activating group) is 1. The van der Waals surface area contributed by atoms with E-state index in [1.807, 2.05) is 21.1 Å². The van der Waals surface area contributed by atoms with Gasteiger partial charge >= 0.3 is 11.9 Å². The van der Waals surface area contributed by atoms with Crippen LogP contribution in [0.1, 0.15) is 71.1 Å². The molecule has 0 saturated carbocycles. The number of carbonyl (C=O) groups is 2. The number of carboxylic acids is 1. The zero-order valence-electron chi connectivity index (χ0n) is 20.6. The van der Waals surface area contributed by atoms with Gasteiger partial charge in [0.05, 0.1) is 34.4 Å². The van der Waals surface area contributed by atoms with Crippen molar-refractivity contribution in [2.24, 2.45) is 0 Å². The van der Waals surface area contributed by atoms with E-state index in [-0.39, 0.29) is 25.8 Å². The van der Waals surface area contributed by atoms with Crippen LogP contribution in [0.15, 0.2) is 24.3 Å². The lowest BCUT2D eigenvalue weighted by Gasteiger charge is -2.31. The second kappa shape index (κ2) is 18.8. The second-order valence-electron chi connectivity index (χ2n) is 9.06. The predicted octanol–water partition coefficient (Wildman–Crippen LogP) is 4.10. The number of rotatable bonds is 20. The lowest BCUT2D eigenvalue weighted by molar-refractivity contribution is -0.887. The molecule has 0 aliphatic carbocycles. The molecule has 2 N–H and O–H groups in total. The third-order valence-electron chi connectivity index (χ3n) is 5.10. The summed E-state index contributed by atoms with van der Waals surface area (Å²) in [7, 11) is 5.46. The van der Waals surface area contributed by atoms with Crippen molar-refractivity contribution in [3.8, 4) is 0 Å². The molecule has 0 aromatic rings. The Morgan fingerprint density at radius 1 is 0.938 bits per heavy atom. The fraction of sp³-hybridized carbons (Fsp3) is 0.760. The number of aliphatic hydroxyl groups is 1. The average molecular weight is 457 g/mol. The van der Waals surface area contributed by atoms with Gasteiger partial charge in [0.25, 0.3) is 0 Å². The number of aliphatic hydroxyl groups excluding tert-OH is 1. The van der Waals surface area contributed by atoms with Crippen molar-refractivity contribution in [3.63, 3.8) is 0 Å². The molecule has 2 atom stereocenters. The Balaban J connectivity index is 3.65. The minimum Gasteiger partial charge on any atom is -0.477 e. The van der Waals surface area contributed by atoms with Crippen LogP contribution in [0.4, 0.5) is 0 Å². The van der Waals surface area contributed by atoms with Gasteiger partial charge in [-0.25, -0.2) is 4.79 Å². The van der Waals surface area contributed by atoms with Gasteiger partial charge in [-0.05, 0) is 32.1 Å². The van der Waals surface area contributed by atoms with Crippen LogP contribution < -0.4 is 0 Å². The molecule has 32 heavy (non-hydrogen) atoms. The standard InChI is InChI=1S/C25H45NO6/c1-5-6-7-8-9-10-11-12-13-14-15-16-17-24(28)32-21-22(27)20-31-19-18-23(25(29)30)26(2,3)4/h6-7,9-10,22-23,27H,5,8,11-21H2,1-4H3/p+1/b7-6+,10-9+. The molecule has 7 heteroatoms. The quantitative estimate of drug-likeness (QED) is 0.124. The molecule has 0 bridgehead atoms. The number of unbranched alkanes of at least 4 members (excludes halogenated alkanes) is 5. The lowest BCUT2D eigenvalue weighted by atomic mass is 10.1. The average Bonchev–Trinajstić information content (AvgIpc) is 2.71. The Hall–Kier alpha value is -1.70. The first-order valence-corrected chi connectivity index (χ1v) is 11.9. The SMILES string of the molecule is CC/C=C/C/C=C/CCCCCCCC(=O)OCC(O)COCCC(C(=O)O)[N+](C)(C)C. The molecule has 0 radical (unpaired) electrons. The van der Waals surface area contributed by atoms with Crippen molar-refractivity contribution in [1.29, 1.82) is 0 Å². The van der Waals surface area contributed by atoms with Crippen LogP contribution in [0.2, 0.25) is 0 Å². The highest BCUT2D eigenvalue weighted by atomic mass is 16.5. The highest BCUT2D eigenvalue weighted by Gasteiger charge is 2.30. The van der Waals surface area contributed by atoms with Gasteiger partial charge in [0.15, 0.2) is 6.04 Å². The maximum atomic E-state index is 11.8. The van der Waals surface area contributed by atoms with E-state index < -0.39 is 18.1 Å². The van der Waals surface area contributed by atoms with Gasteiger partial charge in [-0.1, -0.05) is 50.5 Å². The Labute approximate surface area is 194 Å². The number of allylic oxidation sites excluding steroid dienone is 4. The third kappa shape index (κ3) is 17.9. The topological polar surface area (TPSA) is 93.1 Å². The summed E-state index contributed by atoms with van der Waals surface area (Å²) in [5.74, 6) is -1.18. The van der Waals surface area contributed by atoms with E-state index in [0.717, 1.165) is 44.9 Å². The van der Waals surface area contributed by atoms with Crippen LogP contribution in [-0.4, -0.2) is 79.7 Å². The molecular weight excluding hydrogens is 410 g/mol. The van der Waals surface area contributed by atoms with Crippen LogP contribution in [0.5, 0.6) is 0 Å². The van der Waals surface area contributed by atoms with E-state index in [1.54, 1.807) is 0 Å². The first kappa shape index (κ1) is 30.3. The van der Waals surface area contributed by atoms with Crippen molar-refractivity contribution in [1.82, 2.24) is 0 Å². The van der Waals surface area contributed by atoms with Crippen molar-refractivity contribution < 1.29 is 33.8 Å². The lowest BCUT2D eigenvalue weighted by Crippen LogP contribution is -2.50. The van der Waals surface area contributed by atoms with Crippen LogP contribution in [-0.2, 0) is 19.1 Å². The molecule has 0 aromatic carbocycles. The highest BCUT2D eigenvalue weighted by molar-refractivity contribution is 5.72. The summed E-state index contributed by atoms with van der Waals surface area (Å²) in [5.41, 5.74) is 0.